The third-order valence-electron chi connectivity index (χ3n) is 5.73. The average molecular weight is 418 g/mol. The van der Waals surface area contributed by atoms with Crippen molar-refractivity contribution in [1.29, 1.82) is 0 Å². The smallest absolute Gasteiger partial charge is 0.119 e. The van der Waals surface area contributed by atoms with E-state index in [1.54, 1.807) is 7.11 Å². The molecule has 0 saturated carbocycles. The molecule has 0 bridgehead atoms. The molecule has 0 aliphatic carbocycles. The first-order chi connectivity index (χ1) is 15.3. The third-order valence-corrected chi connectivity index (χ3v) is 5.73. The molecule has 0 spiro atoms. The van der Waals surface area contributed by atoms with Crippen LogP contribution in [0.5, 0.6) is 11.5 Å². The highest BCUT2D eigenvalue weighted by atomic mass is 16.5. The highest BCUT2D eigenvalue weighted by Crippen LogP contribution is 2.29. The quantitative estimate of drug-likeness (QED) is 0.470. The van der Waals surface area contributed by atoms with Gasteiger partial charge >= 0.3 is 0 Å². The summed E-state index contributed by atoms with van der Waals surface area (Å²) in [4.78, 5) is 2.45. The van der Waals surface area contributed by atoms with Crippen LogP contribution in [0.3, 0.4) is 0 Å². The lowest BCUT2D eigenvalue weighted by Crippen LogP contribution is -2.42. The predicted octanol–water partition coefficient (Wildman–Crippen LogP) is 5.34. The largest absolute Gasteiger partial charge is 0.497 e. The van der Waals surface area contributed by atoms with E-state index in [-0.39, 0.29) is 12.2 Å². The van der Waals surface area contributed by atoms with Crippen molar-refractivity contribution in [2.45, 2.75) is 25.0 Å². The number of hydrogen-bond donors (Lipinski definition) is 0. The van der Waals surface area contributed by atoms with Crippen LogP contribution in [-0.4, -0.2) is 44.4 Å². The van der Waals surface area contributed by atoms with E-state index in [1.165, 1.54) is 11.1 Å². The van der Waals surface area contributed by atoms with Crippen LogP contribution in [0.2, 0.25) is 0 Å². The Labute approximate surface area is 185 Å². The molecule has 3 aromatic rings. The zero-order chi connectivity index (χ0) is 21.3. The van der Waals surface area contributed by atoms with Gasteiger partial charge in [-0.2, -0.15) is 0 Å². The summed E-state index contributed by atoms with van der Waals surface area (Å²) >= 11 is 0. The summed E-state index contributed by atoms with van der Waals surface area (Å²) in [5.41, 5.74) is 2.40. The molecule has 1 aliphatic heterocycles. The number of piperidine rings is 1. The second-order valence-electron chi connectivity index (χ2n) is 7.93. The van der Waals surface area contributed by atoms with Gasteiger partial charge in [0.15, 0.2) is 0 Å². The number of benzene rings is 3. The van der Waals surface area contributed by atoms with E-state index in [2.05, 4.69) is 65.6 Å². The second kappa shape index (κ2) is 11.0. The first kappa shape index (κ1) is 21.4. The summed E-state index contributed by atoms with van der Waals surface area (Å²) in [5.74, 6) is 1.72. The lowest BCUT2D eigenvalue weighted by molar-refractivity contribution is -0.0349. The molecule has 1 fully saturated rings. The zero-order valence-electron chi connectivity index (χ0n) is 18.2. The van der Waals surface area contributed by atoms with Gasteiger partial charge in [-0.05, 0) is 54.8 Å². The molecule has 4 nitrogen and oxygen atoms in total. The Balaban J connectivity index is 1.33. The average Bonchev–Trinajstić information content (AvgIpc) is 2.84. The van der Waals surface area contributed by atoms with E-state index in [4.69, 9.17) is 14.2 Å². The summed E-state index contributed by atoms with van der Waals surface area (Å²) in [7, 11) is 1.67. The van der Waals surface area contributed by atoms with Crippen molar-refractivity contribution in [1.82, 2.24) is 4.90 Å². The first-order valence-corrected chi connectivity index (χ1v) is 11.1. The molecule has 0 amide bonds. The molecule has 0 aromatic heterocycles. The number of methoxy groups -OCH3 is 1. The summed E-state index contributed by atoms with van der Waals surface area (Å²) in [6.45, 7) is 3.59. The summed E-state index contributed by atoms with van der Waals surface area (Å²) in [6, 6.07) is 28.8. The van der Waals surface area contributed by atoms with Crippen LogP contribution in [-0.2, 0) is 4.74 Å². The Morgan fingerprint density at radius 2 is 1.45 bits per heavy atom. The molecule has 1 unspecified atom stereocenters. The molecule has 3 aromatic carbocycles. The molecule has 162 valence electrons. The Kier molecular flexibility index (Phi) is 7.59. The molecule has 1 atom stereocenters. The van der Waals surface area contributed by atoms with Gasteiger partial charge in [0.1, 0.15) is 24.2 Å². The Morgan fingerprint density at radius 1 is 0.839 bits per heavy atom. The molecule has 0 radical (unpaired) electrons. The van der Waals surface area contributed by atoms with Crippen molar-refractivity contribution in [3.8, 4) is 11.5 Å². The van der Waals surface area contributed by atoms with Crippen molar-refractivity contribution in [2.75, 3.05) is 33.4 Å². The monoisotopic (exact) mass is 417 g/mol. The highest BCUT2D eigenvalue weighted by Gasteiger charge is 2.25. The van der Waals surface area contributed by atoms with Crippen LogP contribution in [0.25, 0.3) is 0 Å². The van der Waals surface area contributed by atoms with Crippen molar-refractivity contribution >= 4 is 0 Å². The van der Waals surface area contributed by atoms with E-state index < -0.39 is 0 Å². The number of hydrogen-bond acceptors (Lipinski definition) is 4. The molecule has 1 saturated heterocycles. The minimum atomic E-state index is -0.0390. The first-order valence-electron chi connectivity index (χ1n) is 11.1. The fourth-order valence-corrected chi connectivity index (χ4v) is 4.09. The van der Waals surface area contributed by atoms with Gasteiger partial charge in [0.25, 0.3) is 0 Å². The maximum absolute atomic E-state index is 6.69. The van der Waals surface area contributed by atoms with E-state index >= 15 is 0 Å². The van der Waals surface area contributed by atoms with E-state index in [9.17, 15) is 0 Å². The lowest BCUT2D eigenvalue weighted by atomic mass is 10.0. The van der Waals surface area contributed by atoms with Gasteiger partial charge < -0.3 is 14.2 Å². The fraction of sp³-hybridized carbons (Fsp3) is 0.333. The van der Waals surface area contributed by atoms with Gasteiger partial charge in [0.05, 0.1) is 13.2 Å². The highest BCUT2D eigenvalue weighted by molar-refractivity contribution is 5.31. The predicted molar refractivity (Wildman–Crippen MR) is 124 cm³/mol. The van der Waals surface area contributed by atoms with Crippen molar-refractivity contribution in [2.24, 2.45) is 0 Å². The van der Waals surface area contributed by atoms with Crippen LogP contribution >= 0.6 is 0 Å². The normalized spacial score (nSPS) is 16.9. The molecule has 1 heterocycles. The maximum atomic E-state index is 6.69. The number of ether oxygens (including phenoxy) is 3. The SMILES string of the molecule is COc1ccc(OCCN2CCCC(OC(c3ccccc3)c3ccccc3)C2)cc1. The van der Waals surface area contributed by atoms with Gasteiger partial charge in [-0.3, -0.25) is 4.90 Å². The van der Waals surface area contributed by atoms with Gasteiger partial charge in [0, 0.05) is 13.1 Å². The molecule has 4 rings (SSSR count). The molecular weight excluding hydrogens is 386 g/mol. The van der Waals surface area contributed by atoms with Gasteiger partial charge in [-0.25, -0.2) is 0 Å². The van der Waals surface area contributed by atoms with Crippen molar-refractivity contribution in [3.63, 3.8) is 0 Å². The van der Waals surface area contributed by atoms with E-state index in [1.807, 2.05) is 24.3 Å². The van der Waals surface area contributed by atoms with Crippen LogP contribution in [0.1, 0.15) is 30.1 Å². The Morgan fingerprint density at radius 3 is 2.06 bits per heavy atom. The van der Waals surface area contributed by atoms with E-state index in [0.29, 0.717) is 6.61 Å². The lowest BCUT2D eigenvalue weighted by Gasteiger charge is -2.35. The zero-order valence-corrected chi connectivity index (χ0v) is 18.2. The van der Waals surface area contributed by atoms with E-state index in [0.717, 1.165) is 44.0 Å². The summed E-state index contributed by atoms with van der Waals surface area (Å²) in [6.07, 6.45) is 2.40. The Bertz CT molecular complexity index is 859. The van der Waals surface area contributed by atoms with Gasteiger partial charge in [-0.15, -0.1) is 0 Å². The molecule has 1 aliphatic rings. The van der Waals surface area contributed by atoms with Crippen molar-refractivity contribution < 1.29 is 14.2 Å². The number of rotatable bonds is 9. The van der Waals surface area contributed by atoms with Crippen LogP contribution < -0.4 is 9.47 Å². The third kappa shape index (κ3) is 6.09. The second-order valence-corrected chi connectivity index (χ2v) is 7.93. The minimum Gasteiger partial charge on any atom is -0.497 e. The molecule has 0 N–H and O–H groups in total. The molecule has 4 heteroatoms. The summed E-state index contributed by atoms with van der Waals surface area (Å²) < 4.78 is 17.8. The van der Waals surface area contributed by atoms with Gasteiger partial charge in [-0.1, -0.05) is 60.7 Å². The van der Waals surface area contributed by atoms with Crippen LogP contribution in [0, 0.1) is 0 Å². The topological polar surface area (TPSA) is 30.9 Å². The van der Waals surface area contributed by atoms with Gasteiger partial charge in [0.2, 0.25) is 0 Å². The minimum absolute atomic E-state index is 0.0390. The summed E-state index contributed by atoms with van der Waals surface area (Å²) in [5, 5.41) is 0. The van der Waals surface area contributed by atoms with Crippen molar-refractivity contribution in [3.05, 3.63) is 96.1 Å². The molecule has 31 heavy (non-hydrogen) atoms. The fourth-order valence-electron chi connectivity index (χ4n) is 4.09. The maximum Gasteiger partial charge on any atom is 0.119 e. The van der Waals surface area contributed by atoms with Crippen LogP contribution in [0.15, 0.2) is 84.9 Å². The number of nitrogens with zero attached hydrogens (tertiary/aromatic N) is 1. The van der Waals surface area contributed by atoms with Crippen LogP contribution in [0.4, 0.5) is 0 Å². The molecular formula is C27H31NO3. The Hall–Kier alpha value is -2.82. The number of likely N-dealkylation sites (tertiary alicyclic amines) is 1. The standard InChI is InChI=1S/C27H31NO3/c1-29-24-14-16-25(17-15-24)30-20-19-28-18-8-13-26(21-28)31-27(22-9-4-2-5-10-22)23-11-6-3-7-12-23/h2-7,9-12,14-17,26-27H,8,13,18-21H2,1H3.